The molecule has 1 saturated heterocycles. The number of methoxy groups -OCH3 is 1. The van der Waals surface area contributed by atoms with Crippen molar-refractivity contribution in [3.63, 3.8) is 0 Å². The van der Waals surface area contributed by atoms with Crippen LogP contribution in [0.2, 0.25) is 0 Å². The summed E-state index contributed by atoms with van der Waals surface area (Å²) >= 11 is 0. The predicted octanol–water partition coefficient (Wildman–Crippen LogP) is 1.07. The second-order valence-corrected chi connectivity index (χ2v) is 6.20. The van der Waals surface area contributed by atoms with E-state index in [1.807, 2.05) is 0 Å². The number of nitrogens with zero attached hydrogens (tertiary/aromatic N) is 3. The van der Waals surface area contributed by atoms with E-state index < -0.39 is 5.97 Å². The lowest BCUT2D eigenvalue weighted by atomic mass is 10.2. The summed E-state index contributed by atoms with van der Waals surface area (Å²) in [4.78, 5) is 34.2. The van der Waals surface area contributed by atoms with E-state index in [4.69, 9.17) is 4.74 Å². The van der Waals surface area contributed by atoms with Crippen LogP contribution in [0.1, 0.15) is 20.7 Å². The van der Waals surface area contributed by atoms with Gasteiger partial charge in [0, 0.05) is 44.3 Å². The summed E-state index contributed by atoms with van der Waals surface area (Å²) in [5, 5.41) is 5.89. The number of carbonyl (C=O) groups excluding carboxylic acids is 2. The Bertz CT molecular complexity index is 789. The molecule has 1 aromatic heterocycles. The van der Waals surface area contributed by atoms with Gasteiger partial charge >= 0.3 is 5.97 Å². The van der Waals surface area contributed by atoms with E-state index in [-0.39, 0.29) is 5.91 Å². The van der Waals surface area contributed by atoms with Gasteiger partial charge in [-0.15, -0.1) is 0 Å². The lowest BCUT2D eigenvalue weighted by Crippen LogP contribution is -2.41. The molecule has 2 aromatic rings. The molecule has 0 aliphatic carbocycles. The van der Waals surface area contributed by atoms with Gasteiger partial charge in [0.25, 0.3) is 5.91 Å². The molecular formula is C19H23N5O4. The Morgan fingerprint density at radius 1 is 1.11 bits per heavy atom. The Morgan fingerprint density at radius 2 is 1.79 bits per heavy atom. The molecule has 0 radical (unpaired) electrons. The lowest BCUT2D eigenvalue weighted by Gasteiger charge is -2.26. The number of ether oxygens (including phenoxy) is 2. The van der Waals surface area contributed by atoms with Gasteiger partial charge < -0.3 is 20.1 Å². The van der Waals surface area contributed by atoms with Crippen molar-refractivity contribution in [3.05, 3.63) is 47.8 Å². The molecule has 1 fully saturated rings. The second kappa shape index (κ2) is 9.77. The van der Waals surface area contributed by atoms with E-state index in [9.17, 15) is 9.59 Å². The molecule has 9 nitrogen and oxygen atoms in total. The number of benzene rings is 1. The molecule has 3 rings (SSSR count). The third-order valence-corrected chi connectivity index (χ3v) is 4.29. The first-order chi connectivity index (χ1) is 13.7. The average Bonchev–Trinajstić information content (AvgIpc) is 2.75. The molecule has 9 heteroatoms. The van der Waals surface area contributed by atoms with Gasteiger partial charge in [-0.25, -0.2) is 14.8 Å². The minimum absolute atomic E-state index is 0.206. The topological polar surface area (TPSA) is 106 Å². The smallest absolute Gasteiger partial charge is 0.337 e. The third kappa shape index (κ3) is 5.48. The summed E-state index contributed by atoms with van der Waals surface area (Å²) in [5.74, 6) is -0.246. The third-order valence-electron chi connectivity index (χ3n) is 4.29. The number of esters is 1. The number of rotatable bonds is 7. The van der Waals surface area contributed by atoms with E-state index in [2.05, 4.69) is 30.2 Å². The maximum absolute atomic E-state index is 12.2. The Labute approximate surface area is 163 Å². The van der Waals surface area contributed by atoms with Crippen LogP contribution in [0.25, 0.3) is 0 Å². The first-order valence-electron chi connectivity index (χ1n) is 9.01. The maximum atomic E-state index is 12.2. The van der Waals surface area contributed by atoms with Gasteiger partial charge in [0.1, 0.15) is 0 Å². The predicted molar refractivity (Wildman–Crippen MR) is 103 cm³/mol. The van der Waals surface area contributed by atoms with Crippen LogP contribution in [0.15, 0.2) is 36.7 Å². The highest BCUT2D eigenvalue weighted by Gasteiger charge is 2.11. The number of anilines is 2. The largest absolute Gasteiger partial charge is 0.465 e. The monoisotopic (exact) mass is 385 g/mol. The van der Waals surface area contributed by atoms with Crippen molar-refractivity contribution < 1.29 is 19.1 Å². The highest BCUT2D eigenvalue weighted by Crippen LogP contribution is 2.14. The van der Waals surface area contributed by atoms with Crippen LogP contribution in [-0.2, 0) is 9.47 Å². The maximum Gasteiger partial charge on any atom is 0.337 e. The molecule has 2 heterocycles. The summed E-state index contributed by atoms with van der Waals surface area (Å²) < 4.78 is 9.96. The molecule has 1 aliphatic heterocycles. The first-order valence-corrected chi connectivity index (χ1v) is 9.01. The zero-order chi connectivity index (χ0) is 19.8. The first kappa shape index (κ1) is 19.7. The minimum Gasteiger partial charge on any atom is -0.465 e. The SMILES string of the molecule is COC(=O)c1ccc(Nc2ncc(C(=O)NCCN3CCOCC3)cn2)cc1. The number of nitrogens with one attached hydrogen (secondary N) is 2. The van der Waals surface area contributed by atoms with Crippen LogP contribution in [0.3, 0.4) is 0 Å². The zero-order valence-corrected chi connectivity index (χ0v) is 15.7. The lowest BCUT2D eigenvalue weighted by molar-refractivity contribution is 0.0383. The fourth-order valence-corrected chi connectivity index (χ4v) is 2.70. The summed E-state index contributed by atoms with van der Waals surface area (Å²) in [6.45, 7) is 4.60. The van der Waals surface area contributed by atoms with E-state index in [0.29, 0.717) is 23.6 Å². The van der Waals surface area contributed by atoms with Gasteiger partial charge in [0.2, 0.25) is 5.95 Å². The Hall–Kier alpha value is -3.04. The van der Waals surface area contributed by atoms with E-state index in [1.165, 1.54) is 19.5 Å². The van der Waals surface area contributed by atoms with Crippen LogP contribution < -0.4 is 10.6 Å². The average molecular weight is 385 g/mol. The Morgan fingerprint density at radius 3 is 2.43 bits per heavy atom. The minimum atomic E-state index is -0.396. The van der Waals surface area contributed by atoms with Crippen LogP contribution >= 0.6 is 0 Å². The summed E-state index contributed by atoms with van der Waals surface area (Å²) in [7, 11) is 1.34. The molecule has 0 unspecified atom stereocenters. The molecule has 0 bridgehead atoms. The summed E-state index contributed by atoms with van der Waals surface area (Å²) in [6.07, 6.45) is 2.95. The van der Waals surface area contributed by atoms with Crippen LogP contribution in [0.4, 0.5) is 11.6 Å². The van der Waals surface area contributed by atoms with Gasteiger partial charge in [-0.3, -0.25) is 9.69 Å². The van der Waals surface area contributed by atoms with Gasteiger partial charge in [0.05, 0.1) is 31.5 Å². The van der Waals surface area contributed by atoms with E-state index in [1.54, 1.807) is 24.3 Å². The fraction of sp³-hybridized carbons (Fsp3) is 0.368. The number of hydrogen-bond acceptors (Lipinski definition) is 8. The van der Waals surface area contributed by atoms with E-state index >= 15 is 0 Å². The van der Waals surface area contributed by atoms with Gasteiger partial charge in [0.15, 0.2) is 0 Å². The molecule has 0 atom stereocenters. The molecular weight excluding hydrogens is 362 g/mol. The van der Waals surface area contributed by atoms with Crippen LogP contribution in [-0.4, -0.2) is 73.2 Å². The summed E-state index contributed by atoms with van der Waals surface area (Å²) in [6, 6.07) is 6.73. The number of hydrogen-bond donors (Lipinski definition) is 2. The second-order valence-electron chi connectivity index (χ2n) is 6.20. The summed E-state index contributed by atoms with van der Waals surface area (Å²) in [5.41, 5.74) is 1.57. The molecule has 148 valence electrons. The molecule has 2 N–H and O–H groups in total. The van der Waals surface area contributed by atoms with Gasteiger partial charge in [-0.2, -0.15) is 0 Å². The standard InChI is InChI=1S/C19H23N5O4/c1-27-18(26)14-2-4-16(5-3-14)23-19-21-12-15(13-22-19)17(25)20-6-7-24-8-10-28-11-9-24/h2-5,12-13H,6-11H2,1H3,(H,20,25)(H,21,22,23). The van der Waals surface area contributed by atoms with Gasteiger partial charge in [-0.05, 0) is 24.3 Å². The highest BCUT2D eigenvalue weighted by atomic mass is 16.5. The van der Waals surface area contributed by atoms with Crippen molar-refractivity contribution >= 4 is 23.5 Å². The van der Waals surface area contributed by atoms with Crippen molar-refractivity contribution in [2.75, 3.05) is 51.8 Å². The van der Waals surface area contributed by atoms with Crippen LogP contribution in [0, 0.1) is 0 Å². The van der Waals surface area contributed by atoms with Crippen molar-refractivity contribution in [1.29, 1.82) is 0 Å². The molecule has 1 amide bonds. The molecule has 28 heavy (non-hydrogen) atoms. The quantitative estimate of drug-likeness (QED) is 0.682. The number of carbonyl (C=O) groups is 2. The Kier molecular flexibility index (Phi) is 6.88. The van der Waals surface area contributed by atoms with Crippen molar-refractivity contribution in [1.82, 2.24) is 20.2 Å². The number of aromatic nitrogens is 2. The molecule has 0 spiro atoms. The number of amides is 1. The highest BCUT2D eigenvalue weighted by molar-refractivity contribution is 5.93. The van der Waals surface area contributed by atoms with E-state index in [0.717, 1.165) is 38.5 Å². The fourth-order valence-electron chi connectivity index (χ4n) is 2.70. The molecule has 1 aliphatic rings. The van der Waals surface area contributed by atoms with Gasteiger partial charge in [-0.1, -0.05) is 0 Å². The molecule has 1 aromatic carbocycles. The number of morpholine rings is 1. The zero-order valence-electron chi connectivity index (χ0n) is 15.7. The van der Waals surface area contributed by atoms with Crippen molar-refractivity contribution in [3.8, 4) is 0 Å². The van der Waals surface area contributed by atoms with Crippen LogP contribution in [0.5, 0.6) is 0 Å². The van der Waals surface area contributed by atoms with Crippen molar-refractivity contribution in [2.24, 2.45) is 0 Å². The van der Waals surface area contributed by atoms with Crippen molar-refractivity contribution in [2.45, 2.75) is 0 Å². The normalized spacial score (nSPS) is 14.3. The Balaban J connectivity index is 1.48. The molecule has 0 saturated carbocycles.